The average molecular weight is 283 g/mol. The summed E-state index contributed by atoms with van der Waals surface area (Å²) in [5.41, 5.74) is 4.17. The molecular formula is C19H25NO. The summed E-state index contributed by atoms with van der Waals surface area (Å²) in [5.74, 6) is 0. The van der Waals surface area contributed by atoms with Crippen LogP contribution in [0, 0.1) is 13.8 Å². The maximum atomic E-state index is 10.2. The van der Waals surface area contributed by atoms with Crippen LogP contribution in [-0.4, -0.2) is 18.3 Å². The van der Waals surface area contributed by atoms with Crippen LogP contribution < -0.4 is 5.32 Å². The molecule has 1 unspecified atom stereocenters. The highest BCUT2D eigenvalue weighted by Crippen LogP contribution is 2.32. The van der Waals surface area contributed by atoms with E-state index in [4.69, 9.17) is 0 Å². The third-order valence-corrected chi connectivity index (χ3v) is 4.02. The number of benzene rings is 2. The summed E-state index contributed by atoms with van der Waals surface area (Å²) >= 11 is 0. The van der Waals surface area contributed by atoms with Gasteiger partial charge in [-0.3, -0.25) is 0 Å². The van der Waals surface area contributed by atoms with E-state index in [9.17, 15) is 5.11 Å². The maximum Gasteiger partial charge on any atom is 0.0927 e. The monoisotopic (exact) mass is 283 g/mol. The summed E-state index contributed by atoms with van der Waals surface area (Å²) < 4.78 is 0. The molecule has 0 aliphatic heterocycles. The molecule has 0 radical (unpaired) electrons. The number of aliphatic hydroxyl groups is 1. The number of aliphatic hydroxyl groups excluding tert-OH is 1. The normalized spacial score (nSPS) is 13.9. The van der Waals surface area contributed by atoms with E-state index in [0.29, 0.717) is 0 Å². The van der Waals surface area contributed by atoms with E-state index in [-0.39, 0.29) is 6.61 Å². The van der Waals surface area contributed by atoms with Gasteiger partial charge in [0, 0.05) is 0 Å². The van der Waals surface area contributed by atoms with Crippen molar-refractivity contribution in [2.75, 3.05) is 13.2 Å². The maximum absolute atomic E-state index is 10.2. The SMILES string of the molecule is CCCNC(CO)(c1ccccc1)c1ccc(C)cc1C. The van der Waals surface area contributed by atoms with Gasteiger partial charge < -0.3 is 10.4 Å². The Hall–Kier alpha value is -1.64. The van der Waals surface area contributed by atoms with Crippen molar-refractivity contribution in [1.82, 2.24) is 5.32 Å². The first kappa shape index (κ1) is 15.7. The molecule has 0 spiro atoms. The van der Waals surface area contributed by atoms with Crippen LogP contribution in [-0.2, 0) is 5.54 Å². The molecule has 2 heteroatoms. The molecular weight excluding hydrogens is 258 g/mol. The molecule has 2 aromatic rings. The molecule has 0 amide bonds. The van der Waals surface area contributed by atoms with Gasteiger partial charge in [-0.25, -0.2) is 0 Å². The highest BCUT2D eigenvalue weighted by molar-refractivity contribution is 5.44. The fourth-order valence-electron chi connectivity index (χ4n) is 2.94. The standard InChI is InChI=1S/C19H25NO/c1-4-12-20-19(14-21,17-8-6-5-7-9-17)18-11-10-15(2)13-16(18)3/h5-11,13,20-21H,4,12,14H2,1-3H3. The summed E-state index contributed by atoms with van der Waals surface area (Å²) in [7, 11) is 0. The first-order valence-corrected chi connectivity index (χ1v) is 7.63. The zero-order valence-corrected chi connectivity index (χ0v) is 13.2. The summed E-state index contributed by atoms with van der Waals surface area (Å²) in [6, 6.07) is 16.6. The fourth-order valence-corrected chi connectivity index (χ4v) is 2.94. The molecule has 2 nitrogen and oxygen atoms in total. The van der Waals surface area contributed by atoms with E-state index in [2.05, 4.69) is 56.4 Å². The Kier molecular flexibility index (Phi) is 5.16. The molecule has 0 heterocycles. The number of aryl methyl sites for hydroxylation is 2. The van der Waals surface area contributed by atoms with Gasteiger partial charge in [-0.2, -0.15) is 0 Å². The second-order valence-electron chi connectivity index (χ2n) is 5.67. The molecule has 0 aliphatic rings. The Morgan fingerprint density at radius 2 is 1.76 bits per heavy atom. The lowest BCUT2D eigenvalue weighted by Gasteiger charge is -2.36. The fraction of sp³-hybridized carbons (Fsp3) is 0.368. The van der Waals surface area contributed by atoms with Gasteiger partial charge in [0.15, 0.2) is 0 Å². The van der Waals surface area contributed by atoms with Crippen molar-refractivity contribution in [3.8, 4) is 0 Å². The third-order valence-electron chi connectivity index (χ3n) is 4.02. The van der Waals surface area contributed by atoms with Crippen molar-refractivity contribution < 1.29 is 5.11 Å². The number of hydrogen-bond acceptors (Lipinski definition) is 2. The Morgan fingerprint density at radius 1 is 1.05 bits per heavy atom. The predicted molar refractivity (Wildman–Crippen MR) is 88.5 cm³/mol. The minimum atomic E-state index is -0.533. The van der Waals surface area contributed by atoms with Crippen LogP contribution in [0.4, 0.5) is 0 Å². The van der Waals surface area contributed by atoms with Crippen LogP contribution in [0.5, 0.6) is 0 Å². The Labute approximate surface area is 127 Å². The molecule has 0 saturated heterocycles. The van der Waals surface area contributed by atoms with Gasteiger partial charge in [-0.15, -0.1) is 0 Å². The van der Waals surface area contributed by atoms with Gasteiger partial charge in [0.2, 0.25) is 0 Å². The van der Waals surface area contributed by atoms with E-state index < -0.39 is 5.54 Å². The van der Waals surface area contributed by atoms with Crippen molar-refractivity contribution in [2.24, 2.45) is 0 Å². The molecule has 2 N–H and O–H groups in total. The molecule has 2 aromatic carbocycles. The highest BCUT2D eigenvalue weighted by atomic mass is 16.3. The van der Waals surface area contributed by atoms with Gasteiger partial charge in [0.25, 0.3) is 0 Å². The number of nitrogens with one attached hydrogen (secondary N) is 1. The summed E-state index contributed by atoms with van der Waals surface area (Å²) in [4.78, 5) is 0. The second kappa shape index (κ2) is 6.88. The van der Waals surface area contributed by atoms with Crippen LogP contribution in [0.1, 0.15) is 35.6 Å². The minimum Gasteiger partial charge on any atom is -0.394 e. The van der Waals surface area contributed by atoms with Crippen molar-refractivity contribution in [3.63, 3.8) is 0 Å². The predicted octanol–water partition coefficient (Wildman–Crippen LogP) is 3.54. The van der Waals surface area contributed by atoms with Crippen molar-refractivity contribution in [3.05, 3.63) is 70.8 Å². The molecule has 2 rings (SSSR count). The minimum absolute atomic E-state index is 0.0426. The molecule has 0 aromatic heterocycles. The van der Waals surface area contributed by atoms with E-state index in [1.807, 2.05) is 18.2 Å². The molecule has 0 saturated carbocycles. The zero-order valence-electron chi connectivity index (χ0n) is 13.2. The quantitative estimate of drug-likeness (QED) is 0.850. The topological polar surface area (TPSA) is 32.3 Å². The summed E-state index contributed by atoms with van der Waals surface area (Å²) in [5, 5.41) is 13.8. The van der Waals surface area contributed by atoms with E-state index >= 15 is 0 Å². The number of hydrogen-bond donors (Lipinski definition) is 2. The first-order chi connectivity index (χ1) is 10.1. The largest absolute Gasteiger partial charge is 0.394 e. The van der Waals surface area contributed by atoms with Crippen LogP contribution in [0.3, 0.4) is 0 Å². The lowest BCUT2D eigenvalue weighted by atomic mass is 9.80. The number of rotatable bonds is 6. The van der Waals surface area contributed by atoms with Crippen molar-refractivity contribution in [1.29, 1.82) is 0 Å². The zero-order chi connectivity index (χ0) is 15.3. The molecule has 0 aliphatic carbocycles. The van der Waals surface area contributed by atoms with Gasteiger partial charge in [0.05, 0.1) is 12.1 Å². The van der Waals surface area contributed by atoms with Crippen molar-refractivity contribution in [2.45, 2.75) is 32.7 Å². The Bertz CT molecular complexity index is 579. The smallest absolute Gasteiger partial charge is 0.0927 e. The third kappa shape index (κ3) is 3.17. The summed E-state index contributed by atoms with van der Waals surface area (Å²) in [6.45, 7) is 7.26. The molecule has 0 bridgehead atoms. The second-order valence-corrected chi connectivity index (χ2v) is 5.67. The van der Waals surface area contributed by atoms with E-state index in [1.165, 1.54) is 11.1 Å². The van der Waals surface area contributed by atoms with Gasteiger partial charge in [-0.05, 0) is 43.5 Å². The van der Waals surface area contributed by atoms with E-state index in [1.54, 1.807) is 0 Å². The van der Waals surface area contributed by atoms with Crippen LogP contribution >= 0.6 is 0 Å². The lowest BCUT2D eigenvalue weighted by Crippen LogP contribution is -2.47. The van der Waals surface area contributed by atoms with Gasteiger partial charge in [-0.1, -0.05) is 61.0 Å². The van der Waals surface area contributed by atoms with E-state index in [0.717, 1.165) is 24.1 Å². The Morgan fingerprint density at radius 3 is 2.33 bits per heavy atom. The Balaban J connectivity index is 2.59. The summed E-state index contributed by atoms with van der Waals surface area (Å²) in [6.07, 6.45) is 1.03. The van der Waals surface area contributed by atoms with Crippen molar-refractivity contribution >= 4 is 0 Å². The highest BCUT2D eigenvalue weighted by Gasteiger charge is 2.34. The van der Waals surface area contributed by atoms with Gasteiger partial charge in [0.1, 0.15) is 0 Å². The van der Waals surface area contributed by atoms with Gasteiger partial charge >= 0.3 is 0 Å². The average Bonchev–Trinajstić information content (AvgIpc) is 2.51. The molecule has 0 fully saturated rings. The molecule has 112 valence electrons. The first-order valence-electron chi connectivity index (χ1n) is 7.63. The molecule has 1 atom stereocenters. The van der Waals surface area contributed by atoms with Crippen LogP contribution in [0.2, 0.25) is 0 Å². The van der Waals surface area contributed by atoms with Crippen LogP contribution in [0.15, 0.2) is 48.5 Å². The van der Waals surface area contributed by atoms with Crippen LogP contribution in [0.25, 0.3) is 0 Å². The lowest BCUT2D eigenvalue weighted by molar-refractivity contribution is 0.190. The molecule has 21 heavy (non-hydrogen) atoms.